The number of aryl methyl sites for hydroxylation is 1. The van der Waals surface area contributed by atoms with Crippen LogP contribution in [0.1, 0.15) is 12.0 Å². The Balaban J connectivity index is 1.53. The average Bonchev–Trinajstić information content (AvgIpc) is 3.07. The lowest BCUT2D eigenvalue weighted by Gasteiger charge is -2.14. The summed E-state index contributed by atoms with van der Waals surface area (Å²) >= 11 is 0. The number of methoxy groups -OCH3 is 1. The number of carbonyl (C=O) groups is 2. The van der Waals surface area contributed by atoms with E-state index in [2.05, 4.69) is 10.6 Å². The van der Waals surface area contributed by atoms with Gasteiger partial charge in [-0.3, -0.25) is 9.69 Å². The molecule has 0 bridgehead atoms. The van der Waals surface area contributed by atoms with Gasteiger partial charge >= 0.3 is 6.03 Å². The lowest BCUT2D eigenvalue weighted by molar-refractivity contribution is -0.116. The SMILES string of the molecule is COc1cccc(CCC(=O)Nc2ccc(N3CCNC3=O)cc2)c1. The summed E-state index contributed by atoms with van der Waals surface area (Å²) in [5.41, 5.74) is 2.60. The molecule has 0 radical (unpaired) electrons. The molecule has 1 saturated heterocycles. The second-order valence-electron chi connectivity index (χ2n) is 5.83. The molecule has 0 atom stereocenters. The smallest absolute Gasteiger partial charge is 0.321 e. The van der Waals surface area contributed by atoms with Crippen LogP contribution in [0.2, 0.25) is 0 Å². The minimum absolute atomic E-state index is 0.0468. The van der Waals surface area contributed by atoms with E-state index in [0.29, 0.717) is 25.9 Å². The maximum Gasteiger partial charge on any atom is 0.321 e. The molecule has 0 aromatic heterocycles. The Morgan fingerprint density at radius 3 is 2.72 bits per heavy atom. The van der Waals surface area contributed by atoms with Gasteiger partial charge in [-0.05, 0) is 48.4 Å². The van der Waals surface area contributed by atoms with Crippen molar-refractivity contribution in [3.05, 3.63) is 54.1 Å². The normalized spacial score (nSPS) is 13.5. The molecular weight excluding hydrogens is 318 g/mol. The van der Waals surface area contributed by atoms with E-state index >= 15 is 0 Å². The number of rotatable bonds is 6. The van der Waals surface area contributed by atoms with Gasteiger partial charge in [0.25, 0.3) is 0 Å². The third-order valence-corrected chi connectivity index (χ3v) is 4.09. The van der Waals surface area contributed by atoms with E-state index in [4.69, 9.17) is 4.74 Å². The van der Waals surface area contributed by atoms with Crippen LogP contribution in [0.15, 0.2) is 48.5 Å². The molecule has 3 amide bonds. The Morgan fingerprint density at radius 2 is 2.04 bits per heavy atom. The van der Waals surface area contributed by atoms with Crippen LogP contribution in [-0.4, -0.2) is 32.1 Å². The van der Waals surface area contributed by atoms with Gasteiger partial charge in [0.05, 0.1) is 7.11 Å². The molecule has 2 aromatic rings. The number of hydrogen-bond acceptors (Lipinski definition) is 3. The van der Waals surface area contributed by atoms with Crippen LogP contribution >= 0.6 is 0 Å². The lowest BCUT2D eigenvalue weighted by atomic mass is 10.1. The van der Waals surface area contributed by atoms with Gasteiger partial charge in [-0.1, -0.05) is 12.1 Å². The van der Waals surface area contributed by atoms with Gasteiger partial charge in [0.2, 0.25) is 5.91 Å². The number of nitrogens with zero attached hydrogens (tertiary/aromatic N) is 1. The summed E-state index contributed by atoms with van der Waals surface area (Å²) in [6.07, 6.45) is 1.04. The zero-order chi connectivity index (χ0) is 17.6. The van der Waals surface area contributed by atoms with E-state index in [1.54, 1.807) is 12.0 Å². The molecular formula is C19H21N3O3. The predicted octanol–water partition coefficient (Wildman–Crippen LogP) is 2.80. The van der Waals surface area contributed by atoms with Crippen LogP contribution in [0.5, 0.6) is 5.75 Å². The Morgan fingerprint density at radius 1 is 1.24 bits per heavy atom. The van der Waals surface area contributed by atoms with Crippen molar-refractivity contribution in [2.45, 2.75) is 12.8 Å². The lowest BCUT2D eigenvalue weighted by Crippen LogP contribution is -2.27. The van der Waals surface area contributed by atoms with Crippen LogP contribution in [-0.2, 0) is 11.2 Å². The highest BCUT2D eigenvalue weighted by molar-refractivity contribution is 5.95. The molecule has 0 unspecified atom stereocenters. The molecule has 0 spiro atoms. The molecule has 0 saturated carbocycles. The highest BCUT2D eigenvalue weighted by Crippen LogP contribution is 2.20. The highest BCUT2D eigenvalue weighted by Gasteiger charge is 2.20. The van der Waals surface area contributed by atoms with Crippen molar-refractivity contribution < 1.29 is 14.3 Å². The van der Waals surface area contributed by atoms with Crippen molar-refractivity contribution in [1.82, 2.24) is 5.32 Å². The molecule has 2 N–H and O–H groups in total. The summed E-state index contributed by atoms with van der Waals surface area (Å²) in [5.74, 6) is 0.744. The molecule has 2 aromatic carbocycles. The van der Waals surface area contributed by atoms with Crippen LogP contribution in [0.25, 0.3) is 0 Å². The standard InChI is InChI=1S/C19H21N3O3/c1-25-17-4-2-3-14(13-17)5-10-18(23)21-15-6-8-16(9-7-15)22-12-11-20-19(22)24/h2-4,6-9,13H,5,10-12H2,1H3,(H,20,24)(H,21,23). The molecule has 6 heteroatoms. The molecule has 1 heterocycles. The number of anilines is 2. The van der Waals surface area contributed by atoms with E-state index in [1.165, 1.54) is 0 Å². The molecule has 1 aliphatic rings. The van der Waals surface area contributed by atoms with E-state index in [1.807, 2.05) is 48.5 Å². The minimum atomic E-state index is -0.0879. The molecule has 130 valence electrons. The van der Waals surface area contributed by atoms with Crippen LogP contribution < -0.4 is 20.3 Å². The first-order valence-corrected chi connectivity index (χ1v) is 8.24. The minimum Gasteiger partial charge on any atom is -0.497 e. The predicted molar refractivity (Wildman–Crippen MR) is 97.1 cm³/mol. The fraction of sp³-hybridized carbons (Fsp3) is 0.263. The van der Waals surface area contributed by atoms with Gasteiger partial charge in [-0.25, -0.2) is 4.79 Å². The van der Waals surface area contributed by atoms with Crippen LogP contribution in [0.4, 0.5) is 16.2 Å². The molecule has 0 aliphatic carbocycles. The third-order valence-electron chi connectivity index (χ3n) is 4.09. The summed E-state index contributed by atoms with van der Waals surface area (Å²) in [6.45, 7) is 1.31. The Bertz CT molecular complexity index is 759. The summed E-state index contributed by atoms with van der Waals surface area (Å²) < 4.78 is 5.19. The second-order valence-corrected chi connectivity index (χ2v) is 5.83. The Labute approximate surface area is 146 Å². The molecule has 1 aliphatic heterocycles. The maximum atomic E-state index is 12.1. The first-order valence-electron chi connectivity index (χ1n) is 8.24. The molecule has 1 fully saturated rings. The number of benzene rings is 2. The number of amides is 3. The van der Waals surface area contributed by atoms with Gasteiger partial charge in [0.1, 0.15) is 5.75 Å². The number of ether oxygens (including phenoxy) is 1. The van der Waals surface area contributed by atoms with Gasteiger partial charge < -0.3 is 15.4 Å². The molecule has 25 heavy (non-hydrogen) atoms. The van der Waals surface area contributed by atoms with Crippen molar-refractivity contribution >= 4 is 23.3 Å². The van der Waals surface area contributed by atoms with E-state index < -0.39 is 0 Å². The number of urea groups is 1. The van der Waals surface area contributed by atoms with E-state index in [-0.39, 0.29) is 11.9 Å². The largest absolute Gasteiger partial charge is 0.497 e. The quantitative estimate of drug-likeness (QED) is 0.850. The number of nitrogens with one attached hydrogen (secondary N) is 2. The van der Waals surface area contributed by atoms with Crippen LogP contribution in [0.3, 0.4) is 0 Å². The number of carbonyl (C=O) groups excluding carboxylic acids is 2. The average molecular weight is 339 g/mol. The zero-order valence-corrected chi connectivity index (χ0v) is 14.1. The van der Waals surface area contributed by atoms with Crippen molar-refractivity contribution in [2.75, 3.05) is 30.4 Å². The van der Waals surface area contributed by atoms with Gasteiger partial charge in [0.15, 0.2) is 0 Å². The van der Waals surface area contributed by atoms with Crippen molar-refractivity contribution in [3.63, 3.8) is 0 Å². The van der Waals surface area contributed by atoms with Gasteiger partial charge in [0, 0.05) is 30.9 Å². The first kappa shape index (κ1) is 16.8. The molecule has 6 nitrogen and oxygen atoms in total. The fourth-order valence-electron chi connectivity index (χ4n) is 2.75. The number of hydrogen-bond donors (Lipinski definition) is 2. The monoisotopic (exact) mass is 339 g/mol. The third kappa shape index (κ3) is 4.29. The van der Waals surface area contributed by atoms with E-state index in [9.17, 15) is 9.59 Å². The zero-order valence-electron chi connectivity index (χ0n) is 14.1. The second kappa shape index (κ2) is 7.70. The topological polar surface area (TPSA) is 70.7 Å². The maximum absolute atomic E-state index is 12.1. The summed E-state index contributed by atoms with van der Waals surface area (Å²) in [5, 5.41) is 5.64. The van der Waals surface area contributed by atoms with Gasteiger partial charge in [-0.15, -0.1) is 0 Å². The summed E-state index contributed by atoms with van der Waals surface area (Å²) in [6, 6.07) is 14.9. The highest BCUT2D eigenvalue weighted by atomic mass is 16.5. The Hall–Kier alpha value is -3.02. The van der Waals surface area contributed by atoms with Gasteiger partial charge in [-0.2, -0.15) is 0 Å². The van der Waals surface area contributed by atoms with Crippen molar-refractivity contribution in [1.29, 1.82) is 0 Å². The Kier molecular flexibility index (Phi) is 5.18. The van der Waals surface area contributed by atoms with E-state index in [0.717, 1.165) is 22.7 Å². The van der Waals surface area contributed by atoms with Crippen LogP contribution in [0, 0.1) is 0 Å². The van der Waals surface area contributed by atoms with Crippen molar-refractivity contribution in [3.8, 4) is 5.75 Å². The summed E-state index contributed by atoms with van der Waals surface area (Å²) in [4.78, 5) is 25.4. The first-order chi connectivity index (χ1) is 12.2. The summed E-state index contributed by atoms with van der Waals surface area (Å²) in [7, 11) is 1.63. The van der Waals surface area contributed by atoms with Crippen molar-refractivity contribution in [2.24, 2.45) is 0 Å². The fourth-order valence-corrected chi connectivity index (χ4v) is 2.75. The molecule has 3 rings (SSSR count).